The van der Waals surface area contributed by atoms with E-state index in [-0.39, 0.29) is 0 Å². The Balaban J connectivity index is 1.93. The zero-order chi connectivity index (χ0) is 11.4. The summed E-state index contributed by atoms with van der Waals surface area (Å²) in [5, 5.41) is 0. The Kier molecular flexibility index (Phi) is 4.31. The van der Waals surface area contributed by atoms with Crippen LogP contribution < -0.4 is 0 Å². The number of allylic oxidation sites excluding steroid dienone is 1. The maximum atomic E-state index is 4.33. The molecule has 0 radical (unpaired) electrons. The molecule has 0 aromatic rings. The van der Waals surface area contributed by atoms with Gasteiger partial charge in [-0.3, -0.25) is 0 Å². The van der Waals surface area contributed by atoms with Crippen molar-refractivity contribution in [3.8, 4) is 0 Å². The van der Waals surface area contributed by atoms with Crippen molar-refractivity contribution in [2.75, 3.05) is 6.54 Å². The predicted molar refractivity (Wildman–Crippen MR) is 70.4 cm³/mol. The van der Waals surface area contributed by atoms with Gasteiger partial charge in [0.25, 0.3) is 0 Å². The van der Waals surface area contributed by atoms with Crippen molar-refractivity contribution in [1.29, 1.82) is 0 Å². The van der Waals surface area contributed by atoms with E-state index in [4.69, 9.17) is 0 Å². The minimum absolute atomic E-state index is 0.854. The topological polar surface area (TPSA) is 3.24 Å². The molecular formula is C15H27N. The molecule has 2 rings (SSSR count). The second kappa shape index (κ2) is 5.75. The molecule has 2 atom stereocenters. The van der Waals surface area contributed by atoms with E-state index in [0.717, 1.165) is 12.0 Å². The summed E-state index contributed by atoms with van der Waals surface area (Å²) in [4.78, 5) is 2.67. The van der Waals surface area contributed by atoms with Gasteiger partial charge in [0.15, 0.2) is 0 Å². The highest BCUT2D eigenvalue weighted by Gasteiger charge is 2.33. The molecule has 0 amide bonds. The maximum absolute atomic E-state index is 4.33. The number of piperidine rings is 1. The van der Waals surface area contributed by atoms with Gasteiger partial charge in [-0.25, -0.2) is 0 Å². The molecule has 2 unspecified atom stereocenters. The van der Waals surface area contributed by atoms with E-state index in [1.54, 1.807) is 0 Å². The van der Waals surface area contributed by atoms with Gasteiger partial charge in [0.05, 0.1) is 0 Å². The molecule has 2 fully saturated rings. The Labute approximate surface area is 101 Å². The number of unbranched alkanes of at least 4 members (excludes halogenated alkanes) is 1. The van der Waals surface area contributed by atoms with Crippen LogP contribution in [0.25, 0.3) is 0 Å². The molecule has 0 N–H and O–H groups in total. The lowest BCUT2D eigenvalue weighted by Crippen LogP contribution is -2.45. The molecule has 92 valence electrons. The third kappa shape index (κ3) is 2.61. The van der Waals surface area contributed by atoms with Crippen LogP contribution >= 0.6 is 0 Å². The standard InChI is InChI=1S/C15H27N/c1-3-4-8-13(2)16-12-7-10-14-9-5-6-11-15(14)16/h14-15H,2-12H2,1H3. The fraction of sp³-hybridized carbons (Fsp3) is 0.867. The van der Waals surface area contributed by atoms with Gasteiger partial charge < -0.3 is 4.90 Å². The molecule has 1 saturated carbocycles. The Morgan fingerprint density at radius 1 is 1.19 bits per heavy atom. The summed E-state index contributed by atoms with van der Waals surface area (Å²) >= 11 is 0. The van der Waals surface area contributed by atoms with Gasteiger partial charge in [-0.05, 0) is 44.4 Å². The molecule has 0 bridgehead atoms. The largest absolute Gasteiger partial charge is 0.372 e. The summed E-state index contributed by atoms with van der Waals surface area (Å²) in [6.07, 6.45) is 12.5. The van der Waals surface area contributed by atoms with E-state index in [1.807, 2.05) is 0 Å². The molecular weight excluding hydrogens is 194 g/mol. The highest BCUT2D eigenvalue weighted by atomic mass is 15.2. The number of hydrogen-bond donors (Lipinski definition) is 0. The molecule has 1 nitrogen and oxygen atoms in total. The lowest BCUT2D eigenvalue weighted by Gasteiger charge is -2.46. The Hall–Kier alpha value is -0.460. The highest BCUT2D eigenvalue weighted by molar-refractivity contribution is 5.01. The molecule has 0 spiro atoms. The second-order valence-electron chi connectivity index (χ2n) is 5.62. The first kappa shape index (κ1) is 12.0. The van der Waals surface area contributed by atoms with Gasteiger partial charge >= 0.3 is 0 Å². The lowest BCUT2D eigenvalue weighted by atomic mass is 9.78. The molecule has 0 aromatic carbocycles. The minimum atomic E-state index is 0.854. The van der Waals surface area contributed by atoms with Crippen molar-refractivity contribution in [1.82, 2.24) is 4.90 Å². The summed E-state index contributed by atoms with van der Waals surface area (Å²) in [5.41, 5.74) is 1.43. The van der Waals surface area contributed by atoms with Crippen molar-refractivity contribution in [3.05, 3.63) is 12.3 Å². The fourth-order valence-electron chi connectivity index (χ4n) is 3.54. The van der Waals surface area contributed by atoms with Crippen LogP contribution in [-0.2, 0) is 0 Å². The molecule has 1 aliphatic heterocycles. The van der Waals surface area contributed by atoms with Crippen LogP contribution in [0.2, 0.25) is 0 Å². The molecule has 1 aliphatic carbocycles. The fourth-order valence-corrected chi connectivity index (χ4v) is 3.54. The van der Waals surface area contributed by atoms with E-state index in [1.165, 1.54) is 70.0 Å². The molecule has 16 heavy (non-hydrogen) atoms. The summed E-state index contributed by atoms with van der Waals surface area (Å²) in [5.74, 6) is 0.987. The molecule has 1 heterocycles. The number of hydrogen-bond acceptors (Lipinski definition) is 1. The minimum Gasteiger partial charge on any atom is -0.372 e. The van der Waals surface area contributed by atoms with Gasteiger partial charge in [-0.15, -0.1) is 0 Å². The summed E-state index contributed by atoms with van der Waals surface area (Å²) in [7, 11) is 0. The van der Waals surface area contributed by atoms with Crippen molar-refractivity contribution >= 4 is 0 Å². The van der Waals surface area contributed by atoms with E-state index < -0.39 is 0 Å². The van der Waals surface area contributed by atoms with Crippen LogP contribution in [-0.4, -0.2) is 17.5 Å². The predicted octanol–water partition coefficient (Wildman–Crippen LogP) is 4.34. The van der Waals surface area contributed by atoms with Gasteiger partial charge in [-0.1, -0.05) is 32.8 Å². The molecule has 1 heteroatoms. The summed E-state index contributed by atoms with van der Waals surface area (Å²) in [6, 6.07) is 0.854. The number of fused-ring (bicyclic) bond motifs is 1. The monoisotopic (exact) mass is 221 g/mol. The summed E-state index contributed by atoms with van der Waals surface area (Å²) in [6.45, 7) is 7.89. The number of rotatable bonds is 4. The van der Waals surface area contributed by atoms with Crippen LogP contribution in [0.4, 0.5) is 0 Å². The average Bonchev–Trinajstić information content (AvgIpc) is 2.35. The Bertz CT molecular complexity index is 232. The Morgan fingerprint density at radius 2 is 1.94 bits per heavy atom. The average molecular weight is 221 g/mol. The normalized spacial score (nSPS) is 29.9. The molecule has 1 saturated heterocycles. The van der Waals surface area contributed by atoms with Crippen molar-refractivity contribution in [2.24, 2.45) is 5.92 Å². The van der Waals surface area contributed by atoms with Crippen molar-refractivity contribution in [3.63, 3.8) is 0 Å². The molecule has 2 aliphatic rings. The first-order valence-electron chi connectivity index (χ1n) is 7.27. The van der Waals surface area contributed by atoms with E-state index in [2.05, 4.69) is 18.4 Å². The van der Waals surface area contributed by atoms with E-state index in [0.29, 0.717) is 0 Å². The lowest BCUT2D eigenvalue weighted by molar-refractivity contribution is 0.0872. The number of nitrogens with zero attached hydrogens (tertiary/aromatic N) is 1. The van der Waals surface area contributed by atoms with Crippen LogP contribution in [0.3, 0.4) is 0 Å². The van der Waals surface area contributed by atoms with Crippen LogP contribution in [0.15, 0.2) is 12.3 Å². The van der Waals surface area contributed by atoms with E-state index >= 15 is 0 Å². The van der Waals surface area contributed by atoms with Gasteiger partial charge in [-0.2, -0.15) is 0 Å². The smallest absolute Gasteiger partial charge is 0.0314 e. The van der Waals surface area contributed by atoms with E-state index in [9.17, 15) is 0 Å². The maximum Gasteiger partial charge on any atom is 0.0314 e. The summed E-state index contributed by atoms with van der Waals surface area (Å²) < 4.78 is 0. The first-order valence-corrected chi connectivity index (χ1v) is 7.27. The quantitative estimate of drug-likeness (QED) is 0.682. The van der Waals surface area contributed by atoms with Crippen LogP contribution in [0.1, 0.15) is 64.7 Å². The van der Waals surface area contributed by atoms with Gasteiger partial charge in [0.1, 0.15) is 0 Å². The highest BCUT2D eigenvalue weighted by Crippen LogP contribution is 2.37. The number of likely N-dealkylation sites (tertiary alicyclic amines) is 1. The third-order valence-corrected chi connectivity index (χ3v) is 4.47. The second-order valence-corrected chi connectivity index (χ2v) is 5.62. The SMILES string of the molecule is C=C(CCCC)N1CCCC2CCCCC21. The first-order chi connectivity index (χ1) is 7.83. The van der Waals surface area contributed by atoms with Crippen LogP contribution in [0.5, 0.6) is 0 Å². The Morgan fingerprint density at radius 3 is 2.75 bits per heavy atom. The zero-order valence-corrected chi connectivity index (χ0v) is 10.9. The van der Waals surface area contributed by atoms with Crippen molar-refractivity contribution in [2.45, 2.75) is 70.8 Å². The third-order valence-electron chi connectivity index (χ3n) is 4.47. The van der Waals surface area contributed by atoms with Crippen molar-refractivity contribution < 1.29 is 0 Å². The van der Waals surface area contributed by atoms with Crippen LogP contribution in [0, 0.1) is 5.92 Å². The van der Waals surface area contributed by atoms with Gasteiger partial charge in [0.2, 0.25) is 0 Å². The van der Waals surface area contributed by atoms with Gasteiger partial charge in [0, 0.05) is 18.3 Å². The molecule has 0 aromatic heterocycles. The zero-order valence-electron chi connectivity index (χ0n) is 10.9.